The van der Waals surface area contributed by atoms with Crippen LogP contribution in [0.5, 0.6) is 0 Å². The van der Waals surface area contributed by atoms with Crippen LogP contribution in [0, 0.1) is 51.2 Å². The topological polar surface area (TPSA) is 97.4 Å². The average molecular weight is 334 g/mol. The van der Waals surface area contributed by atoms with Gasteiger partial charge < -0.3 is 5.73 Å². The molecule has 1 heterocycles. The zero-order valence-corrected chi connectivity index (χ0v) is 14.3. The van der Waals surface area contributed by atoms with E-state index in [1.807, 2.05) is 17.5 Å². The molecule has 24 heavy (non-hydrogen) atoms. The van der Waals surface area contributed by atoms with Gasteiger partial charge in [0, 0.05) is 10.8 Å². The molecule has 2 aliphatic rings. The Morgan fingerprint density at radius 1 is 1.33 bits per heavy atom. The van der Waals surface area contributed by atoms with Crippen molar-refractivity contribution in [2.24, 2.45) is 23.0 Å². The van der Waals surface area contributed by atoms with Crippen molar-refractivity contribution in [2.75, 3.05) is 0 Å². The van der Waals surface area contributed by atoms with Crippen LogP contribution in [0.2, 0.25) is 0 Å². The summed E-state index contributed by atoms with van der Waals surface area (Å²) in [5, 5.41) is 31.4. The molecule has 0 aliphatic heterocycles. The maximum Gasteiger partial charge on any atom is 0.192 e. The molecular weight excluding hydrogens is 316 g/mol. The molecule has 0 fully saturated rings. The largest absolute Gasteiger partial charge is 0.399 e. The fraction of sp³-hybridized carbons (Fsp3) is 0.421. The summed E-state index contributed by atoms with van der Waals surface area (Å²) in [6, 6.07) is 10.4. The second-order valence-corrected chi connectivity index (χ2v) is 7.42. The predicted molar refractivity (Wildman–Crippen MR) is 92.1 cm³/mol. The Morgan fingerprint density at radius 2 is 2.08 bits per heavy atom. The maximum atomic E-state index is 9.90. The molecule has 0 saturated heterocycles. The average Bonchev–Trinajstić information content (AvgIpc) is 3.14. The fourth-order valence-electron chi connectivity index (χ4n) is 4.07. The molecule has 1 aromatic heterocycles. The third kappa shape index (κ3) is 2.15. The number of rotatable bonds is 2. The Hall–Kier alpha value is -2.55. The van der Waals surface area contributed by atoms with E-state index in [1.54, 1.807) is 11.3 Å². The normalized spacial score (nSPS) is 28.1. The van der Waals surface area contributed by atoms with E-state index < -0.39 is 5.41 Å². The number of nitrogens with zero attached hydrogens (tertiary/aromatic N) is 3. The van der Waals surface area contributed by atoms with Gasteiger partial charge in [0.1, 0.15) is 6.07 Å². The van der Waals surface area contributed by atoms with Crippen molar-refractivity contribution in [3.05, 3.63) is 45.3 Å². The molecule has 0 amide bonds. The van der Waals surface area contributed by atoms with Gasteiger partial charge in [0.05, 0.1) is 23.4 Å². The smallest absolute Gasteiger partial charge is 0.192 e. The summed E-state index contributed by atoms with van der Waals surface area (Å²) >= 11 is 1.55. The molecule has 5 heteroatoms. The highest BCUT2D eigenvalue weighted by Gasteiger charge is 2.54. The monoisotopic (exact) mass is 334 g/mol. The van der Waals surface area contributed by atoms with E-state index in [9.17, 15) is 15.8 Å². The number of allylic oxidation sites excluding steroid dienone is 4. The summed E-state index contributed by atoms with van der Waals surface area (Å²) in [5.41, 5.74) is 6.14. The quantitative estimate of drug-likeness (QED) is 0.884. The lowest BCUT2D eigenvalue weighted by molar-refractivity contribution is 0.274. The first-order valence-electron chi connectivity index (χ1n) is 8.09. The SMILES string of the molecule is CC[C@H]1CC=C2C(C#N)=C(N)C(C#N)(C#N)[C@@H](c3cccs3)[C@H]2C1. The van der Waals surface area contributed by atoms with Gasteiger partial charge in [-0.2, -0.15) is 15.8 Å². The number of hydrogen-bond donors (Lipinski definition) is 1. The number of thiophene rings is 1. The van der Waals surface area contributed by atoms with Gasteiger partial charge in [-0.25, -0.2) is 0 Å². The van der Waals surface area contributed by atoms with Crippen LogP contribution in [-0.2, 0) is 0 Å². The molecule has 1 aromatic rings. The van der Waals surface area contributed by atoms with Crippen LogP contribution in [0.4, 0.5) is 0 Å². The Labute approximate surface area is 146 Å². The second-order valence-electron chi connectivity index (χ2n) is 6.44. The molecular formula is C19H18N4S. The number of nitrogens with two attached hydrogens (primary N) is 1. The van der Waals surface area contributed by atoms with E-state index >= 15 is 0 Å². The van der Waals surface area contributed by atoms with Gasteiger partial charge in [0.15, 0.2) is 5.41 Å². The summed E-state index contributed by atoms with van der Waals surface area (Å²) in [6.45, 7) is 2.16. The molecule has 0 unspecified atom stereocenters. The summed E-state index contributed by atoms with van der Waals surface area (Å²) in [6.07, 6.45) is 4.95. The van der Waals surface area contributed by atoms with Crippen molar-refractivity contribution in [1.29, 1.82) is 15.8 Å². The van der Waals surface area contributed by atoms with Gasteiger partial charge in [-0.15, -0.1) is 11.3 Å². The van der Waals surface area contributed by atoms with Crippen LogP contribution < -0.4 is 5.73 Å². The van der Waals surface area contributed by atoms with Crippen molar-refractivity contribution in [1.82, 2.24) is 0 Å². The Bertz CT molecular complexity index is 812. The predicted octanol–water partition coefficient (Wildman–Crippen LogP) is 3.98. The summed E-state index contributed by atoms with van der Waals surface area (Å²) in [5.74, 6) is 0.185. The molecule has 2 aliphatic carbocycles. The van der Waals surface area contributed by atoms with E-state index in [0.29, 0.717) is 11.5 Å². The van der Waals surface area contributed by atoms with Gasteiger partial charge in [-0.3, -0.25) is 0 Å². The molecule has 0 spiro atoms. The number of nitriles is 3. The van der Waals surface area contributed by atoms with E-state index in [4.69, 9.17) is 5.73 Å². The highest BCUT2D eigenvalue weighted by atomic mass is 32.1. The van der Waals surface area contributed by atoms with E-state index in [0.717, 1.165) is 29.7 Å². The van der Waals surface area contributed by atoms with Crippen LogP contribution in [0.15, 0.2) is 40.4 Å². The highest BCUT2D eigenvalue weighted by Crippen LogP contribution is 2.57. The van der Waals surface area contributed by atoms with Crippen molar-refractivity contribution < 1.29 is 0 Å². The molecule has 0 radical (unpaired) electrons. The molecule has 120 valence electrons. The lowest BCUT2D eigenvalue weighted by Gasteiger charge is -2.44. The molecule has 0 saturated carbocycles. The van der Waals surface area contributed by atoms with Gasteiger partial charge >= 0.3 is 0 Å². The van der Waals surface area contributed by atoms with Crippen molar-refractivity contribution >= 4 is 11.3 Å². The molecule has 3 rings (SSSR count). The zero-order chi connectivity index (χ0) is 17.3. The van der Waals surface area contributed by atoms with Crippen molar-refractivity contribution in [2.45, 2.75) is 32.1 Å². The van der Waals surface area contributed by atoms with Crippen LogP contribution in [0.1, 0.15) is 37.0 Å². The standard InChI is InChI=1S/C19H18N4S/c1-2-12-5-6-13-14(8-12)17(16-4-3-7-24-16)19(10-21,11-22)18(23)15(13)9-20/h3-4,6-7,12,14,17H,2,5,8,23H2,1H3/t12-,14-,17+/m0/s1. The van der Waals surface area contributed by atoms with Crippen LogP contribution in [-0.4, -0.2) is 0 Å². The third-order valence-corrected chi connectivity index (χ3v) is 6.36. The second kappa shape index (κ2) is 6.16. The minimum Gasteiger partial charge on any atom is -0.399 e. The maximum absolute atomic E-state index is 9.90. The highest BCUT2D eigenvalue weighted by molar-refractivity contribution is 7.10. The van der Waals surface area contributed by atoms with Gasteiger partial charge in [-0.1, -0.05) is 25.5 Å². The molecule has 4 nitrogen and oxygen atoms in total. The lowest BCUT2D eigenvalue weighted by atomic mass is 9.57. The summed E-state index contributed by atoms with van der Waals surface area (Å²) in [7, 11) is 0. The number of fused-ring (bicyclic) bond motifs is 1. The van der Waals surface area contributed by atoms with Crippen LogP contribution >= 0.6 is 11.3 Å². The molecule has 0 bridgehead atoms. The molecule has 0 aromatic carbocycles. The summed E-state index contributed by atoms with van der Waals surface area (Å²) in [4.78, 5) is 0.991. The van der Waals surface area contributed by atoms with E-state index in [2.05, 4.69) is 31.2 Å². The van der Waals surface area contributed by atoms with Gasteiger partial charge in [0.2, 0.25) is 0 Å². The Kier molecular flexibility index (Phi) is 4.18. The van der Waals surface area contributed by atoms with Crippen LogP contribution in [0.3, 0.4) is 0 Å². The van der Waals surface area contributed by atoms with Crippen LogP contribution in [0.25, 0.3) is 0 Å². The third-order valence-electron chi connectivity index (χ3n) is 5.40. The first-order valence-corrected chi connectivity index (χ1v) is 8.97. The minimum absolute atomic E-state index is 0.0106. The first kappa shape index (κ1) is 16.3. The summed E-state index contributed by atoms with van der Waals surface area (Å²) < 4.78 is 0. The Morgan fingerprint density at radius 3 is 2.62 bits per heavy atom. The van der Waals surface area contributed by atoms with Crippen molar-refractivity contribution in [3.8, 4) is 18.2 Å². The van der Waals surface area contributed by atoms with Crippen molar-refractivity contribution in [3.63, 3.8) is 0 Å². The zero-order valence-electron chi connectivity index (χ0n) is 13.5. The fourth-order valence-corrected chi connectivity index (χ4v) is 5.03. The Balaban J connectivity index is 2.29. The molecule has 2 N–H and O–H groups in total. The lowest BCUT2D eigenvalue weighted by Crippen LogP contribution is -2.43. The van der Waals surface area contributed by atoms with Gasteiger partial charge in [0.25, 0.3) is 0 Å². The first-order chi connectivity index (χ1) is 11.6. The molecule has 3 atom stereocenters. The van der Waals surface area contributed by atoms with Gasteiger partial charge in [-0.05, 0) is 41.7 Å². The number of hydrogen-bond acceptors (Lipinski definition) is 5. The van der Waals surface area contributed by atoms with E-state index in [1.165, 1.54) is 0 Å². The minimum atomic E-state index is -1.48. The van der Waals surface area contributed by atoms with E-state index in [-0.39, 0.29) is 17.5 Å².